The molecular formula is C9H13BrO2S. The Kier molecular flexibility index (Phi) is 4.38. The molecule has 2 N–H and O–H groups in total. The van der Waals surface area contributed by atoms with E-state index < -0.39 is 12.2 Å². The SMILES string of the molecule is CCC(O)C(O)Cc1ccc(Br)s1. The first-order valence-corrected chi connectivity index (χ1v) is 5.84. The van der Waals surface area contributed by atoms with Gasteiger partial charge in [-0.05, 0) is 34.5 Å². The van der Waals surface area contributed by atoms with E-state index in [4.69, 9.17) is 0 Å². The summed E-state index contributed by atoms with van der Waals surface area (Å²) in [4.78, 5) is 1.09. The highest BCUT2D eigenvalue weighted by atomic mass is 79.9. The molecule has 74 valence electrons. The third-order valence-corrected chi connectivity index (χ3v) is 3.55. The second-order valence-electron chi connectivity index (χ2n) is 2.95. The molecule has 2 nitrogen and oxygen atoms in total. The minimum atomic E-state index is -0.643. The lowest BCUT2D eigenvalue weighted by Gasteiger charge is -2.14. The van der Waals surface area contributed by atoms with Crippen LogP contribution >= 0.6 is 27.3 Å². The second kappa shape index (κ2) is 5.10. The molecule has 0 radical (unpaired) electrons. The summed E-state index contributed by atoms with van der Waals surface area (Å²) in [6.07, 6.45) is -0.129. The number of rotatable bonds is 4. The molecule has 0 bridgehead atoms. The maximum atomic E-state index is 9.52. The van der Waals surface area contributed by atoms with Crippen LogP contribution in [0.4, 0.5) is 0 Å². The van der Waals surface area contributed by atoms with Crippen LogP contribution in [-0.4, -0.2) is 22.4 Å². The quantitative estimate of drug-likeness (QED) is 0.876. The van der Waals surface area contributed by atoms with E-state index in [0.29, 0.717) is 12.8 Å². The predicted molar refractivity (Wildman–Crippen MR) is 58.0 cm³/mol. The van der Waals surface area contributed by atoms with Crippen LogP contribution in [0, 0.1) is 0 Å². The summed E-state index contributed by atoms with van der Waals surface area (Å²) >= 11 is 4.94. The Balaban J connectivity index is 2.49. The van der Waals surface area contributed by atoms with Crippen LogP contribution in [0.2, 0.25) is 0 Å². The van der Waals surface area contributed by atoms with E-state index in [1.807, 2.05) is 19.1 Å². The van der Waals surface area contributed by atoms with Gasteiger partial charge in [-0.15, -0.1) is 11.3 Å². The van der Waals surface area contributed by atoms with Crippen molar-refractivity contribution in [2.75, 3.05) is 0 Å². The highest BCUT2D eigenvalue weighted by Crippen LogP contribution is 2.23. The van der Waals surface area contributed by atoms with Gasteiger partial charge in [0.2, 0.25) is 0 Å². The molecule has 2 unspecified atom stereocenters. The standard InChI is InChI=1S/C9H13BrO2S/c1-2-7(11)8(12)5-6-3-4-9(10)13-6/h3-4,7-8,11-12H,2,5H2,1H3. The number of halogens is 1. The monoisotopic (exact) mass is 264 g/mol. The molecule has 0 saturated heterocycles. The van der Waals surface area contributed by atoms with Crippen molar-refractivity contribution in [2.24, 2.45) is 0 Å². The van der Waals surface area contributed by atoms with Gasteiger partial charge in [0.15, 0.2) is 0 Å². The normalized spacial score (nSPS) is 15.7. The Morgan fingerprint density at radius 1 is 1.38 bits per heavy atom. The fourth-order valence-electron chi connectivity index (χ4n) is 1.08. The highest BCUT2D eigenvalue weighted by Gasteiger charge is 2.15. The van der Waals surface area contributed by atoms with Gasteiger partial charge in [0.1, 0.15) is 0 Å². The van der Waals surface area contributed by atoms with E-state index in [1.165, 1.54) is 0 Å². The van der Waals surface area contributed by atoms with Gasteiger partial charge >= 0.3 is 0 Å². The van der Waals surface area contributed by atoms with Crippen molar-refractivity contribution in [3.63, 3.8) is 0 Å². The number of hydrogen-bond donors (Lipinski definition) is 2. The first-order valence-electron chi connectivity index (χ1n) is 4.23. The lowest BCUT2D eigenvalue weighted by atomic mass is 10.1. The zero-order valence-electron chi connectivity index (χ0n) is 7.40. The summed E-state index contributed by atoms with van der Waals surface area (Å²) in [6.45, 7) is 1.86. The van der Waals surface area contributed by atoms with Crippen LogP contribution in [0.3, 0.4) is 0 Å². The van der Waals surface area contributed by atoms with Crippen LogP contribution < -0.4 is 0 Å². The topological polar surface area (TPSA) is 40.5 Å². The van der Waals surface area contributed by atoms with E-state index >= 15 is 0 Å². The Morgan fingerprint density at radius 2 is 2.08 bits per heavy atom. The average Bonchev–Trinajstić information content (AvgIpc) is 2.49. The first kappa shape index (κ1) is 11.2. The minimum Gasteiger partial charge on any atom is -0.390 e. The van der Waals surface area contributed by atoms with Gasteiger partial charge in [-0.2, -0.15) is 0 Å². The van der Waals surface area contributed by atoms with Gasteiger partial charge in [-0.3, -0.25) is 0 Å². The molecule has 1 aromatic rings. The molecule has 0 amide bonds. The van der Waals surface area contributed by atoms with Crippen molar-refractivity contribution >= 4 is 27.3 Å². The fourth-order valence-corrected chi connectivity index (χ4v) is 2.61. The van der Waals surface area contributed by atoms with Crippen molar-refractivity contribution in [3.05, 3.63) is 20.8 Å². The van der Waals surface area contributed by atoms with Crippen molar-refractivity contribution in [1.82, 2.24) is 0 Å². The van der Waals surface area contributed by atoms with Crippen LogP contribution in [0.5, 0.6) is 0 Å². The van der Waals surface area contributed by atoms with E-state index in [2.05, 4.69) is 15.9 Å². The number of aliphatic hydroxyl groups excluding tert-OH is 2. The lowest BCUT2D eigenvalue weighted by Crippen LogP contribution is -2.26. The average molecular weight is 265 g/mol. The molecule has 4 heteroatoms. The number of thiophene rings is 1. The van der Waals surface area contributed by atoms with E-state index in [-0.39, 0.29) is 0 Å². The van der Waals surface area contributed by atoms with E-state index in [1.54, 1.807) is 11.3 Å². The van der Waals surface area contributed by atoms with Gasteiger partial charge in [0.25, 0.3) is 0 Å². The Morgan fingerprint density at radius 3 is 2.54 bits per heavy atom. The van der Waals surface area contributed by atoms with E-state index in [9.17, 15) is 10.2 Å². The molecule has 0 aliphatic rings. The fraction of sp³-hybridized carbons (Fsp3) is 0.556. The van der Waals surface area contributed by atoms with Crippen LogP contribution in [0.25, 0.3) is 0 Å². The van der Waals surface area contributed by atoms with Crippen molar-refractivity contribution < 1.29 is 10.2 Å². The van der Waals surface area contributed by atoms with Gasteiger partial charge < -0.3 is 10.2 Å². The second-order valence-corrected chi connectivity index (χ2v) is 5.50. The molecule has 0 aromatic carbocycles. The Bertz CT molecular complexity index is 262. The predicted octanol–water partition coefficient (Wildman–Crippen LogP) is 2.18. The molecule has 13 heavy (non-hydrogen) atoms. The zero-order valence-corrected chi connectivity index (χ0v) is 9.81. The molecule has 2 atom stereocenters. The summed E-state index contributed by atoms with van der Waals surface area (Å²) < 4.78 is 1.06. The number of hydrogen-bond acceptors (Lipinski definition) is 3. The Hall–Kier alpha value is 0.1000. The molecular weight excluding hydrogens is 252 g/mol. The third kappa shape index (κ3) is 3.38. The summed E-state index contributed by atoms with van der Waals surface area (Å²) in [5.74, 6) is 0. The van der Waals surface area contributed by atoms with E-state index in [0.717, 1.165) is 8.66 Å². The van der Waals surface area contributed by atoms with Crippen molar-refractivity contribution in [1.29, 1.82) is 0 Å². The van der Waals surface area contributed by atoms with Crippen molar-refractivity contribution in [2.45, 2.75) is 32.0 Å². The van der Waals surface area contributed by atoms with Crippen LogP contribution in [0.1, 0.15) is 18.2 Å². The molecule has 0 fully saturated rings. The lowest BCUT2D eigenvalue weighted by molar-refractivity contribution is 0.0186. The summed E-state index contributed by atoms with van der Waals surface area (Å²) in [5, 5.41) is 18.9. The van der Waals surface area contributed by atoms with Crippen molar-refractivity contribution in [3.8, 4) is 0 Å². The molecule has 1 heterocycles. The Labute approximate surface area is 90.4 Å². The first-order chi connectivity index (χ1) is 6.13. The maximum Gasteiger partial charge on any atom is 0.0847 e. The van der Waals surface area contributed by atoms with Gasteiger partial charge in [-0.25, -0.2) is 0 Å². The van der Waals surface area contributed by atoms with Crippen LogP contribution in [0.15, 0.2) is 15.9 Å². The third-order valence-electron chi connectivity index (χ3n) is 1.90. The maximum absolute atomic E-state index is 9.52. The van der Waals surface area contributed by atoms with Gasteiger partial charge in [-0.1, -0.05) is 6.92 Å². The molecule has 0 aliphatic carbocycles. The zero-order chi connectivity index (χ0) is 9.84. The summed E-state index contributed by atoms with van der Waals surface area (Å²) in [7, 11) is 0. The molecule has 1 aromatic heterocycles. The molecule has 0 aliphatic heterocycles. The largest absolute Gasteiger partial charge is 0.390 e. The van der Waals surface area contributed by atoms with Gasteiger partial charge in [0.05, 0.1) is 16.0 Å². The smallest absolute Gasteiger partial charge is 0.0847 e. The molecule has 1 rings (SSSR count). The number of aliphatic hydroxyl groups is 2. The molecule has 0 spiro atoms. The van der Waals surface area contributed by atoms with Crippen LogP contribution in [-0.2, 0) is 6.42 Å². The summed E-state index contributed by atoms with van der Waals surface area (Å²) in [5.41, 5.74) is 0. The highest BCUT2D eigenvalue weighted by molar-refractivity contribution is 9.11. The van der Waals surface area contributed by atoms with Gasteiger partial charge in [0, 0.05) is 11.3 Å². The minimum absolute atomic E-state index is 0.533. The summed E-state index contributed by atoms with van der Waals surface area (Å²) in [6, 6.07) is 3.91. The molecule has 0 saturated carbocycles.